The van der Waals surface area contributed by atoms with Gasteiger partial charge in [0.2, 0.25) is 5.95 Å². The summed E-state index contributed by atoms with van der Waals surface area (Å²) in [5.41, 5.74) is 10.9. The van der Waals surface area contributed by atoms with E-state index in [9.17, 15) is 8.78 Å². The first-order valence-corrected chi connectivity index (χ1v) is 4.67. The van der Waals surface area contributed by atoms with E-state index in [-0.39, 0.29) is 23.3 Å². The molecule has 0 aliphatic carbocycles. The van der Waals surface area contributed by atoms with Crippen molar-refractivity contribution in [2.45, 2.75) is 0 Å². The van der Waals surface area contributed by atoms with Gasteiger partial charge < -0.3 is 16.8 Å². The molecule has 5 nitrogen and oxygen atoms in total. The molecule has 5 N–H and O–H groups in total. The van der Waals surface area contributed by atoms with Gasteiger partial charge in [0.15, 0.2) is 0 Å². The van der Waals surface area contributed by atoms with Crippen LogP contribution in [-0.4, -0.2) is 9.97 Å². The van der Waals surface area contributed by atoms with Gasteiger partial charge >= 0.3 is 0 Å². The average molecular weight is 237 g/mol. The van der Waals surface area contributed by atoms with E-state index in [0.29, 0.717) is 0 Å². The Morgan fingerprint density at radius 2 is 1.82 bits per heavy atom. The molecule has 0 unspecified atom stereocenters. The second-order valence-corrected chi connectivity index (χ2v) is 3.29. The van der Waals surface area contributed by atoms with Gasteiger partial charge in [-0.1, -0.05) is 0 Å². The van der Waals surface area contributed by atoms with Crippen LogP contribution in [0.5, 0.6) is 0 Å². The van der Waals surface area contributed by atoms with Gasteiger partial charge in [-0.05, 0) is 12.1 Å². The molecule has 0 saturated carbocycles. The van der Waals surface area contributed by atoms with Gasteiger partial charge in [-0.15, -0.1) is 0 Å². The quantitative estimate of drug-likeness (QED) is 0.739. The first kappa shape index (κ1) is 11.1. The number of benzene rings is 1. The van der Waals surface area contributed by atoms with Gasteiger partial charge in [0.1, 0.15) is 23.3 Å². The summed E-state index contributed by atoms with van der Waals surface area (Å²) in [4.78, 5) is 7.47. The van der Waals surface area contributed by atoms with Crippen LogP contribution in [0.1, 0.15) is 0 Å². The number of aromatic nitrogens is 2. The predicted octanol–water partition coefficient (Wildman–Crippen LogP) is 1.66. The van der Waals surface area contributed by atoms with E-state index in [0.717, 1.165) is 12.1 Å². The number of hydrogen-bond acceptors (Lipinski definition) is 5. The van der Waals surface area contributed by atoms with Crippen LogP contribution in [0.3, 0.4) is 0 Å². The van der Waals surface area contributed by atoms with Crippen molar-refractivity contribution in [1.82, 2.24) is 9.97 Å². The summed E-state index contributed by atoms with van der Waals surface area (Å²) >= 11 is 0. The summed E-state index contributed by atoms with van der Waals surface area (Å²) in [5, 5.41) is 2.63. The summed E-state index contributed by atoms with van der Waals surface area (Å²) in [6.45, 7) is 0. The number of rotatable bonds is 2. The minimum absolute atomic E-state index is 0.0324. The maximum atomic E-state index is 13.3. The highest BCUT2D eigenvalue weighted by Gasteiger charge is 2.06. The van der Waals surface area contributed by atoms with Gasteiger partial charge in [0.05, 0.1) is 5.69 Å². The lowest BCUT2D eigenvalue weighted by atomic mass is 10.3. The number of anilines is 4. The van der Waals surface area contributed by atoms with Crippen LogP contribution in [0.25, 0.3) is 0 Å². The Kier molecular flexibility index (Phi) is 2.73. The molecule has 88 valence electrons. The van der Waals surface area contributed by atoms with Crippen molar-refractivity contribution >= 4 is 23.3 Å². The van der Waals surface area contributed by atoms with Crippen molar-refractivity contribution < 1.29 is 8.78 Å². The zero-order chi connectivity index (χ0) is 12.4. The molecule has 0 spiro atoms. The molecule has 1 heterocycles. The SMILES string of the molecule is Nc1cc(Nc2ccc(F)cc2F)nc(N)n1. The summed E-state index contributed by atoms with van der Waals surface area (Å²) in [5.74, 6) is -1.03. The van der Waals surface area contributed by atoms with Gasteiger partial charge in [-0.25, -0.2) is 8.78 Å². The molecule has 2 aromatic rings. The van der Waals surface area contributed by atoms with E-state index in [1.165, 1.54) is 12.1 Å². The molecule has 0 radical (unpaired) electrons. The normalized spacial score (nSPS) is 10.2. The van der Waals surface area contributed by atoms with Crippen molar-refractivity contribution in [2.24, 2.45) is 0 Å². The van der Waals surface area contributed by atoms with Crippen LogP contribution >= 0.6 is 0 Å². The molecule has 0 aliphatic rings. The third-order valence-corrected chi connectivity index (χ3v) is 1.96. The molecular weight excluding hydrogens is 228 g/mol. The van der Waals surface area contributed by atoms with Crippen LogP contribution in [0.4, 0.5) is 32.1 Å². The molecule has 17 heavy (non-hydrogen) atoms. The van der Waals surface area contributed by atoms with E-state index in [1.54, 1.807) is 0 Å². The molecule has 7 heteroatoms. The van der Waals surface area contributed by atoms with Crippen LogP contribution in [-0.2, 0) is 0 Å². The van der Waals surface area contributed by atoms with Gasteiger partial charge in [-0.3, -0.25) is 0 Å². The lowest BCUT2D eigenvalue weighted by Gasteiger charge is -2.07. The summed E-state index contributed by atoms with van der Waals surface area (Å²) in [6, 6.07) is 4.52. The molecule has 0 saturated heterocycles. The van der Waals surface area contributed by atoms with E-state index in [4.69, 9.17) is 11.5 Å². The Balaban J connectivity index is 2.31. The summed E-state index contributed by atoms with van der Waals surface area (Å²) in [6.07, 6.45) is 0. The Labute approximate surface area is 95.5 Å². The molecule has 2 rings (SSSR count). The number of halogens is 2. The molecule has 0 amide bonds. The molecule has 0 aliphatic heterocycles. The molecular formula is C10H9F2N5. The molecule has 0 fully saturated rings. The zero-order valence-electron chi connectivity index (χ0n) is 8.61. The zero-order valence-corrected chi connectivity index (χ0v) is 8.61. The van der Waals surface area contributed by atoms with Crippen LogP contribution < -0.4 is 16.8 Å². The lowest BCUT2D eigenvalue weighted by molar-refractivity contribution is 0.586. The fraction of sp³-hybridized carbons (Fsp3) is 0. The van der Waals surface area contributed by atoms with Crippen molar-refractivity contribution in [3.05, 3.63) is 35.9 Å². The van der Waals surface area contributed by atoms with E-state index >= 15 is 0 Å². The molecule has 0 atom stereocenters. The smallest absolute Gasteiger partial charge is 0.223 e. The average Bonchev–Trinajstić information content (AvgIpc) is 2.21. The molecule has 0 bridgehead atoms. The minimum Gasteiger partial charge on any atom is -0.383 e. The van der Waals surface area contributed by atoms with Gasteiger partial charge in [0.25, 0.3) is 0 Å². The predicted molar refractivity (Wildman–Crippen MR) is 60.5 cm³/mol. The standard InChI is InChI=1S/C10H9F2N5/c11-5-1-2-7(6(12)3-5)15-9-4-8(13)16-10(14)17-9/h1-4H,(H5,13,14,15,16,17). The number of nitrogens with zero attached hydrogens (tertiary/aromatic N) is 2. The third-order valence-electron chi connectivity index (χ3n) is 1.96. The topological polar surface area (TPSA) is 89.8 Å². The largest absolute Gasteiger partial charge is 0.383 e. The highest BCUT2D eigenvalue weighted by molar-refractivity contribution is 5.60. The Morgan fingerprint density at radius 3 is 2.47 bits per heavy atom. The third kappa shape index (κ3) is 2.57. The number of nitrogen functional groups attached to an aromatic ring is 2. The van der Waals surface area contributed by atoms with Crippen LogP contribution in [0.2, 0.25) is 0 Å². The lowest BCUT2D eigenvalue weighted by Crippen LogP contribution is -2.03. The summed E-state index contributed by atoms with van der Waals surface area (Å²) in [7, 11) is 0. The van der Waals surface area contributed by atoms with E-state index in [1.807, 2.05) is 0 Å². The van der Waals surface area contributed by atoms with Gasteiger partial charge in [0, 0.05) is 12.1 Å². The highest BCUT2D eigenvalue weighted by Crippen LogP contribution is 2.20. The van der Waals surface area contributed by atoms with Crippen molar-refractivity contribution in [2.75, 3.05) is 16.8 Å². The fourth-order valence-electron chi connectivity index (χ4n) is 1.28. The first-order chi connectivity index (χ1) is 8.04. The monoisotopic (exact) mass is 237 g/mol. The molecule has 1 aromatic carbocycles. The van der Waals surface area contributed by atoms with Crippen molar-refractivity contribution in [3.8, 4) is 0 Å². The summed E-state index contributed by atoms with van der Waals surface area (Å²) < 4.78 is 26.0. The second kappa shape index (κ2) is 4.20. The first-order valence-electron chi connectivity index (χ1n) is 4.67. The van der Waals surface area contributed by atoms with Crippen molar-refractivity contribution in [1.29, 1.82) is 0 Å². The van der Waals surface area contributed by atoms with Gasteiger partial charge in [-0.2, -0.15) is 9.97 Å². The van der Waals surface area contributed by atoms with E-state index < -0.39 is 11.6 Å². The van der Waals surface area contributed by atoms with Crippen LogP contribution in [0.15, 0.2) is 24.3 Å². The Hall–Kier alpha value is -2.44. The maximum Gasteiger partial charge on any atom is 0.223 e. The Morgan fingerprint density at radius 1 is 1.06 bits per heavy atom. The second-order valence-electron chi connectivity index (χ2n) is 3.29. The van der Waals surface area contributed by atoms with Crippen LogP contribution in [0, 0.1) is 11.6 Å². The Bertz CT molecular complexity index is 538. The maximum absolute atomic E-state index is 13.3. The molecule has 1 aromatic heterocycles. The highest BCUT2D eigenvalue weighted by atomic mass is 19.1. The van der Waals surface area contributed by atoms with E-state index in [2.05, 4.69) is 15.3 Å². The number of nitrogens with two attached hydrogens (primary N) is 2. The fourth-order valence-corrected chi connectivity index (χ4v) is 1.28. The van der Waals surface area contributed by atoms with Crippen molar-refractivity contribution in [3.63, 3.8) is 0 Å². The minimum atomic E-state index is -0.735. The number of nitrogens with one attached hydrogen (secondary N) is 1. The number of hydrogen-bond donors (Lipinski definition) is 3.